The molecule has 2 N–H and O–H groups in total. The Morgan fingerprint density at radius 2 is 2.11 bits per heavy atom. The summed E-state index contributed by atoms with van der Waals surface area (Å²) in [7, 11) is 1.68. The van der Waals surface area contributed by atoms with Crippen molar-refractivity contribution in [2.45, 2.75) is 6.92 Å². The van der Waals surface area contributed by atoms with E-state index in [1.165, 1.54) is 4.90 Å². The molecule has 5 nitrogen and oxygen atoms in total. The minimum atomic E-state index is -1.04. The van der Waals surface area contributed by atoms with Crippen LogP contribution in [0.15, 0.2) is 18.2 Å². The number of hydrogen-bond donors (Lipinski definition) is 2. The van der Waals surface area contributed by atoms with E-state index >= 15 is 0 Å². The van der Waals surface area contributed by atoms with E-state index in [2.05, 4.69) is 5.32 Å². The van der Waals surface area contributed by atoms with Gasteiger partial charge < -0.3 is 15.3 Å². The van der Waals surface area contributed by atoms with Crippen molar-refractivity contribution >= 4 is 29.4 Å². The second-order valence-electron chi connectivity index (χ2n) is 4.15. The molecule has 0 heterocycles. The topological polar surface area (TPSA) is 69.6 Å². The smallest absolute Gasteiger partial charge is 0.338 e. The molecular formula is C13H18N2O3S. The van der Waals surface area contributed by atoms with Gasteiger partial charge in [0, 0.05) is 19.3 Å². The van der Waals surface area contributed by atoms with E-state index in [0.29, 0.717) is 17.8 Å². The molecule has 6 heteroatoms. The Kier molecular flexibility index (Phi) is 5.69. The minimum Gasteiger partial charge on any atom is -0.478 e. The Morgan fingerprint density at radius 1 is 1.42 bits per heavy atom. The molecule has 0 atom stereocenters. The summed E-state index contributed by atoms with van der Waals surface area (Å²) >= 11 is 1.65. The summed E-state index contributed by atoms with van der Waals surface area (Å²) in [5.41, 5.74) is 1.08. The fourth-order valence-corrected chi connectivity index (χ4v) is 2.05. The number of aromatic carboxylic acids is 1. The number of benzene rings is 1. The molecule has 1 aromatic carbocycles. The predicted octanol–water partition coefficient (Wildman–Crippen LogP) is 2.52. The van der Waals surface area contributed by atoms with Crippen LogP contribution in [0.3, 0.4) is 0 Å². The van der Waals surface area contributed by atoms with Gasteiger partial charge in [-0.2, -0.15) is 11.8 Å². The standard InChI is InChI=1S/C13H18N2O3S/c1-9-5-4-6-10(11(9)12(16)17)14-13(18)15(2)7-8-19-3/h4-6H,7-8H2,1-3H3,(H,14,18)(H,16,17). The molecule has 0 aliphatic heterocycles. The third-order valence-corrected chi connectivity index (χ3v) is 3.30. The van der Waals surface area contributed by atoms with Gasteiger partial charge >= 0.3 is 12.0 Å². The molecule has 0 aliphatic carbocycles. The van der Waals surface area contributed by atoms with Crippen LogP contribution in [0.5, 0.6) is 0 Å². The third kappa shape index (κ3) is 4.17. The van der Waals surface area contributed by atoms with Gasteiger partial charge in [-0.15, -0.1) is 0 Å². The molecule has 0 saturated carbocycles. The minimum absolute atomic E-state index is 0.133. The first-order chi connectivity index (χ1) is 8.97. The van der Waals surface area contributed by atoms with E-state index in [4.69, 9.17) is 0 Å². The highest BCUT2D eigenvalue weighted by molar-refractivity contribution is 7.98. The number of thioether (sulfide) groups is 1. The molecule has 0 bridgehead atoms. The van der Waals surface area contributed by atoms with Crippen molar-refractivity contribution in [2.24, 2.45) is 0 Å². The van der Waals surface area contributed by atoms with Gasteiger partial charge in [0.15, 0.2) is 0 Å². The zero-order chi connectivity index (χ0) is 14.4. The number of nitrogens with one attached hydrogen (secondary N) is 1. The second kappa shape index (κ2) is 7.04. The lowest BCUT2D eigenvalue weighted by molar-refractivity contribution is 0.0697. The van der Waals surface area contributed by atoms with Gasteiger partial charge in [0.1, 0.15) is 0 Å². The van der Waals surface area contributed by atoms with Crippen LogP contribution in [-0.4, -0.2) is 47.6 Å². The van der Waals surface area contributed by atoms with Crippen molar-refractivity contribution in [1.29, 1.82) is 0 Å². The zero-order valence-electron chi connectivity index (χ0n) is 11.3. The summed E-state index contributed by atoms with van der Waals surface area (Å²) in [5.74, 6) is -0.205. The molecule has 0 unspecified atom stereocenters. The van der Waals surface area contributed by atoms with Gasteiger partial charge in [0.05, 0.1) is 11.3 Å². The number of carboxylic acids is 1. The normalized spacial score (nSPS) is 10.1. The van der Waals surface area contributed by atoms with Gasteiger partial charge in [0.25, 0.3) is 0 Å². The third-order valence-electron chi connectivity index (χ3n) is 2.71. The van der Waals surface area contributed by atoms with E-state index < -0.39 is 5.97 Å². The number of rotatable bonds is 5. The molecule has 104 valence electrons. The summed E-state index contributed by atoms with van der Waals surface area (Å²) in [6.45, 7) is 2.32. The van der Waals surface area contributed by atoms with Crippen molar-refractivity contribution in [1.82, 2.24) is 4.90 Å². The molecule has 0 fully saturated rings. The maximum atomic E-state index is 11.9. The Labute approximate surface area is 117 Å². The van der Waals surface area contributed by atoms with E-state index in [1.54, 1.807) is 43.9 Å². The van der Waals surface area contributed by atoms with E-state index in [-0.39, 0.29) is 11.6 Å². The van der Waals surface area contributed by atoms with Crippen LogP contribution in [0.1, 0.15) is 15.9 Å². The van der Waals surface area contributed by atoms with Crippen LogP contribution in [0.2, 0.25) is 0 Å². The van der Waals surface area contributed by atoms with Crippen LogP contribution >= 0.6 is 11.8 Å². The number of carbonyl (C=O) groups is 2. The number of hydrogen-bond acceptors (Lipinski definition) is 3. The van der Waals surface area contributed by atoms with Crippen LogP contribution < -0.4 is 5.32 Å². The fourth-order valence-electron chi connectivity index (χ4n) is 1.60. The number of nitrogens with zero attached hydrogens (tertiary/aromatic N) is 1. The summed E-state index contributed by atoms with van der Waals surface area (Å²) in [6.07, 6.45) is 1.97. The second-order valence-corrected chi connectivity index (χ2v) is 5.13. The highest BCUT2D eigenvalue weighted by atomic mass is 32.2. The van der Waals surface area contributed by atoms with Crippen molar-refractivity contribution in [3.63, 3.8) is 0 Å². The van der Waals surface area contributed by atoms with Crippen LogP contribution in [0.4, 0.5) is 10.5 Å². The first kappa shape index (κ1) is 15.4. The average molecular weight is 282 g/mol. The average Bonchev–Trinajstić information content (AvgIpc) is 2.35. The lowest BCUT2D eigenvalue weighted by Gasteiger charge is -2.18. The van der Waals surface area contributed by atoms with Crippen molar-refractivity contribution in [3.05, 3.63) is 29.3 Å². The molecule has 1 aromatic rings. The lowest BCUT2D eigenvalue weighted by atomic mass is 10.1. The van der Waals surface area contributed by atoms with E-state index in [1.807, 2.05) is 6.26 Å². The summed E-state index contributed by atoms with van der Waals surface area (Å²) in [6, 6.07) is 4.72. The highest BCUT2D eigenvalue weighted by Crippen LogP contribution is 2.19. The van der Waals surface area contributed by atoms with Crippen molar-refractivity contribution < 1.29 is 14.7 Å². The van der Waals surface area contributed by atoms with Gasteiger partial charge in [0.2, 0.25) is 0 Å². The lowest BCUT2D eigenvalue weighted by Crippen LogP contribution is -2.33. The fraction of sp³-hybridized carbons (Fsp3) is 0.385. The maximum Gasteiger partial charge on any atom is 0.338 e. The molecule has 0 radical (unpaired) electrons. The van der Waals surface area contributed by atoms with Gasteiger partial charge in [-0.1, -0.05) is 12.1 Å². The molecule has 1 rings (SSSR count). The number of carbonyl (C=O) groups excluding carboxylic acids is 1. The molecule has 0 spiro atoms. The molecule has 0 saturated heterocycles. The van der Waals surface area contributed by atoms with Crippen molar-refractivity contribution in [3.8, 4) is 0 Å². The first-order valence-electron chi connectivity index (χ1n) is 5.81. The SMILES string of the molecule is CSCCN(C)C(=O)Nc1cccc(C)c1C(=O)O. The maximum absolute atomic E-state index is 11.9. The molecule has 0 aromatic heterocycles. The van der Waals surface area contributed by atoms with Gasteiger partial charge in [-0.05, 0) is 24.8 Å². The van der Waals surface area contributed by atoms with Crippen LogP contribution in [0.25, 0.3) is 0 Å². The Bertz CT molecular complexity index is 477. The largest absolute Gasteiger partial charge is 0.478 e. The Morgan fingerprint density at radius 3 is 2.68 bits per heavy atom. The zero-order valence-corrected chi connectivity index (χ0v) is 12.1. The number of carboxylic acid groups (broad SMARTS) is 1. The molecular weight excluding hydrogens is 264 g/mol. The number of anilines is 1. The van der Waals surface area contributed by atoms with E-state index in [9.17, 15) is 14.7 Å². The van der Waals surface area contributed by atoms with Gasteiger partial charge in [-0.3, -0.25) is 0 Å². The molecule has 19 heavy (non-hydrogen) atoms. The Balaban J connectivity index is 2.85. The van der Waals surface area contributed by atoms with E-state index in [0.717, 1.165) is 5.75 Å². The molecule has 2 amide bonds. The first-order valence-corrected chi connectivity index (χ1v) is 7.20. The number of urea groups is 1. The monoisotopic (exact) mass is 282 g/mol. The Hall–Kier alpha value is -1.69. The van der Waals surface area contributed by atoms with Gasteiger partial charge in [-0.25, -0.2) is 9.59 Å². The van der Waals surface area contributed by atoms with Crippen molar-refractivity contribution in [2.75, 3.05) is 30.9 Å². The summed E-state index contributed by atoms with van der Waals surface area (Å²) < 4.78 is 0. The summed E-state index contributed by atoms with van der Waals surface area (Å²) in [4.78, 5) is 24.6. The van der Waals surface area contributed by atoms with Crippen LogP contribution in [0, 0.1) is 6.92 Å². The number of amides is 2. The van der Waals surface area contributed by atoms with Crippen LogP contribution in [-0.2, 0) is 0 Å². The predicted molar refractivity (Wildman–Crippen MR) is 78.2 cm³/mol. The molecule has 0 aliphatic rings. The highest BCUT2D eigenvalue weighted by Gasteiger charge is 2.16. The number of aryl methyl sites for hydroxylation is 1. The summed E-state index contributed by atoms with van der Waals surface area (Å²) in [5, 5.41) is 11.8. The quantitative estimate of drug-likeness (QED) is 0.870.